The highest BCUT2D eigenvalue weighted by atomic mass is 35.5. The molecule has 0 unspecified atom stereocenters. The number of hydrogen-bond acceptors (Lipinski definition) is 2. The zero-order chi connectivity index (χ0) is 12.3. The number of carbonyl (C=O) groups excluding carboxylic acids is 1. The minimum absolute atomic E-state index is 0.111. The Morgan fingerprint density at radius 3 is 2.88 bits per heavy atom. The second-order valence-corrected chi connectivity index (χ2v) is 4.48. The number of urea groups is 1. The first-order valence-electron chi connectivity index (χ1n) is 5.58. The topological polar surface area (TPSA) is 66.6 Å². The molecule has 1 aromatic heterocycles. The Balaban J connectivity index is 2.06. The number of nitrogens with one attached hydrogen (secondary N) is 1. The molecular formula is C11H14ClN3O2. The lowest BCUT2D eigenvalue weighted by atomic mass is 10.3. The van der Waals surface area contributed by atoms with Crippen molar-refractivity contribution < 1.29 is 10.0 Å². The van der Waals surface area contributed by atoms with Crippen LogP contribution in [-0.4, -0.2) is 22.0 Å². The minimum atomic E-state index is -0.358. The van der Waals surface area contributed by atoms with Gasteiger partial charge >= 0.3 is 6.03 Å². The number of hydrogen-bond donors (Lipinski definition) is 2. The number of aromatic nitrogens is 1. The molecule has 1 fully saturated rings. The standard InChI is InChI=1S/C11H14ClN3O2/c12-10-7-9(5-6-15(10)17)14-11(16)13-8-3-1-2-4-8/h5-8,17H,1-4H2,(H,13,16). The minimum Gasteiger partial charge on any atom is -0.428 e. The van der Waals surface area contributed by atoms with Gasteiger partial charge in [0.15, 0.2) is 0 Å². The molecule has 92 valence electrons. The Kier molecular flexibility index (Phi) is 3.68. The van der Waals surface area contributed by atoms with Gasteiger partial charge in [0.2, 0.25) is 0 Å². The molecule has 1 aromatic rings. The first kappa shape index (κ1) is 12.0. The van der Waals surface area contributed by atoms with Crippen LogP contribution in [0.3, 0.4) is 0 Å². The van der Waals surface area contributed by atoms with Crippen molar-refractivity contribution in [2.45, 2.75) is 31.7 Å². The fourth-order valence-electron chi connectivity index (χ4n) is 1.92. The molecule has 0 bridgehead atoms. The third kappa shape index (κ3) is 3.23. The Morgan fingerprint density at radius 1 is 1.53 bits per heavy atom. The molecule has 2 amide bonds. The third-order valence-electron chi connectivity index (χ3n) is 2.79. The van der Waals surface area contributed by atoms with E-state index >= 15 is 0 Å². The van der Waals surface area contributed by atoms with Crippen molar-refractivity contribution in [3.05, 3.63) is 28.8 Å². The molecular weight excluding hydrogens is 242 g/mol. The average molecular weight is 256 g/mol. The maximum Gasteiger partial charge on any atom is 0.341 e. The molecule has 17 heavy (non-hydrogen) atoms. The fourth-order valence-corrected chi connectivity index (χ4v) is 2.09. The van der Waals surface area contributed by atoms with E-state index in [9.17, 15) is 4.79 Å². The molecule has 1 heterocycles. The molecule has 1 aliphatic carbocycles. The van der Waals surface area contributed by atoms with E-state index in [0.29, 0.717) is 5.36 Å². The van der Waals surface area contributed by atoms with Gasteiger partial charge in [0, 0.05) is 18.3 Å². The van der Waals surface area contributed by atoms with Crippen LogP contribution in [-0.2, 0) is 0 Å². The van der Waals surface area contributed by atoms with Crippen molar-refractivity contribution in [3.8, 4) is 0 Å². The van der Waals surface area contributed by atoms with Gasteiger partial charge in [-0.3, -0.25) is 0 Å². The van der Waals surface area contributed by atoms with Crippen molar-refractivity contribution in [2.24, 2.45) is 4.99 Å². The molecule has 0 saturated heterocycles. The summed E-state index contributed by atoms with van der Waals surface area (Å²) in [5.74, 6) is 0. The van der Waals surface area contributed by atoms with Gasteiger partial charge in [-0.2, -0.15) is 9.72 Å². The molecule has 1 aliphatic rings. The van der Waals surface area contributed by atoms with Crippen LogP contribution >= 0.6 is 11.6 Å². The number of halogens is 1. The van der Waals surface area contributed by atoms with Gasteiger partial charge in [0.25, 0.3) is 0 Å². The summed E-state index contributed by atoms with van der Waals surface area (Å²) in [5, 5.41) is 12.5. The predicted molar refractivity (Wildman–Crippen MR) is 63.0 cm³/mol. The molecule has 0 aromatic carbocycles. The van der Waals surface area contributed by atoms with E-state index < -0.39 is 0 Å². The van der Waals surface area contributed by atoms with Gasteiger partial charge in [0.05, 0.1) is 5.36 Å². The summed E-state index contributed by atoms with van der Waals surface area (Å²) >= 11 is 5.69. The zero-order valence-electron chi connectivity index (χ0n) is 9.27. The van der Waals surface area contributed by atoms with Gasteiger partial charge in [-0.15, -0.1) is 0 Å². The van der Waals surface area contributed by atoms with Crippen molar-refractivity contribution >= 4 is 17.6 Å². The van der Waals surface area contributed by atoms with E-state index in [1.807, 2.05) is 0 Å². The number of rotatable bonds is 1. The van der Waals surface area contributed by atoms with E-state index in [1.54, 1.807) is 0 Å². The lowest BCUT2D eigenvalue weighted by Gasteiger charge is -2.08. The summed E-state index contributed by atoms with van der Waals surface area (Å²) in [6, 6.07) is 2.83. The quantitative estimate of drug-likeness (QED) is 0.595. The number of pyridine rings is 1. The second kappa shape index (κ2) is 5.23. The molecule has 0 radical (unpaired) electrons. The molecule has 0 spiro atoms. The van der Waals surface area contributed by atoms with E-state index in [0.717, 1.165) is 30.4 Å². The van der Waals surface area contributed by atoms with Crippen LogP contribution in [0.15, 0.2) is 23.3 Å². The van der Waals surface area contributed by atoms with Gasteiger partial charge in [-0.05, 0) is 18.9 Å². The highest BCUT2D eigenvalue weighted by Gasteiger charge is 2.16. The molecule has 1 saturated carbocycles. The van der Waals surface area contributed by atoms with E-state index in [4.69, 9.17) is 16.8 Å². The van der Waals surface area contributed by atoms with Gasteiger partial charge < -0.3 is 10.5 Å². The van der Waals surface area contributed by atoms with Crippen LogP contribution in [0.25, 0.3) is 0 Å². The number of carbonyl (C=O) groups is 1. The Morgan fingerprint density at radius 2 is 2.24 bits per heavy atom. The Labute approximate surface area is 104 Å². The summed E-state index contributed by atoms with van der Waals surface area (Å²) in [6.07, 6.45) is 5.70. The molecule has 6 heteroatoms. The largest absolute Gasteiger partial charge is 0.428 e. The number of amides is 2. The van der Waals surface area contributed by atoms with Crippen molar-refractivity contribution in [1.29, 1.82) is 0 Å². The summed E-state index contributed by atoms with van der Waals surface area (Å²) in [6.45, 7) is 0. The van der Waals surface area contributed by atoms with Crippen molar-refractivity contribution in [3.63, 3.8) is 0 Å². The van der Waals surface area contributed by atoms with Crippen LogP contribution < -0.4 is 10.7 Å². The molecule has 2 rings (SSSR count). The predicted octanol–water partition coefficient (Wildman–Crippen LogP) is 1.93. The highest BCUT2D eigenvalue weighted by Crippen LogP contribution is 2.17. The summed E-state index contributed by atoms with van der Waals surface area (Å²) in [5.41, 5.74) is 0. The van der Waals surface area contributed by atoms with Gasteiger partial charge in [0.1, 0.15) is 5.15 Å². The summed E-state index contributed by atoms with van der Waals surface area (Å²) < 4.78 is 0.759. The average Bonchev–Trinajstić information content (AvgIpc) is 2.76. The Hall–Kier alpha value is -1.49. The van der Waals surface area contributed by atoms with Crippen molar-refractivity contribution in [2.75, 3.05) is 0 Å². The van der Waals surface area contributed by atoms with Crippen LogP contribution in [0.4, 0.5) is 4.79 Å². The first-order chi connectivity index (χ1) is 8.15. The third-order valence-corrected chi connectivity index (χ3v) is 3.07. The second-order valence-electron chi connectivity index (χ2n) is 4.09. The maximum absolute atomic E-state index is 11.6. The van der Waals surface area contributed by atoms with Crippen molar-refractivity contribution in [1.82, 2.24) is 10.0 Å². The van der Waals surface area contributed by atoms with Crippen LogP contribution in [0.2, 0.25) is 5.15 Å². The summed E-state index contributed by atoms with van der Waals surface area (Å²) in [4.78, 5) is 15.4. The SMILES string of the molecule is O=C(N=c1ccn(O)c(Cl)c1)NC1CCCC1. The van der Waals surface area contributed by atoms with Gasteiger partial charge in [-0.1, -0.05) is 24.4 Å². The van der Waals surface area contributed by atoms with E-state index in [-0.39, 0.29) is 17.2 Å². The molecule has 0 atom stereocenters. The smallest absolute Gasteiger partial charge is 0.341 e. The molecule has 0 aliphatic heterocycles. The molecule has 2 N–H and O–H groups in total. The van der Waals surface area contributed by atoms with Crippen LogP contribution in [0.5, 0.6) is 0 Å². The van der Waals surface area contributed by atoms with Crippen LogP contribution in [0.1, 0.15) is 25.7 Å². The van der Waals surface area contributed by atoms with E-state index in [2.05, 4.69) is 10.3 Å². The number of nitrogens with zero attached hydrogens (tertiary/aromatic N) is 2. The fraction of sp³-hybridized carbons (Fsp3) is 0.455. The van der Waals surface area contributed by atoms with E-state index in [1.165, 1.54) is 18.3 Å². The monoisotopic (exact) mass is 255 g/mol. The van der Waals surface area contributed by atoms with Gasteiger partial charge in [-0.25, -0.2) is 4.79 Å². The van der Waals surface area contributed by atoms with Crippen LogP contribution in [0, 0.1) is 0 Å². The maximum atomic E-state index is 11.6. The first-order valence-corrected chi connectivity index (χ1v) is 5.95. The highest BCUT2D eigenvalue weighted by molar-refractivity contribution is 6.29. The zero-order valence-corrected chi connectivity index (χ0v) is 10.0. The normalized spacial score (nSPS) is 17.4. The molecule has 5 nitrogen and oxygen atoms in total. The summed E-state index contributed by atoms with van der Waals surface area (Å²) in [7, 11) is 0. The lowest BCUT2D eigenvalue weighted by Crippen LogP contribution is -2.31. The lowest BCUT2D eigenvalue weighted by molar-refractivity contribution is 0.185. The Bertz CT molecular complexity index is 478.